The van der Waals surface area contributed by atoms with E-state index in [9.17, 15) is 4.79 Å². The van der Waals surface area contributed by atoms with E-state index in [4.69, 9.17) is 19.9 Å². The quantitative estimate of drug-likeness (QED) is 0.408. The van der Waals surface area contributed by atoms with Gasteiger partial charge in [-0.2, -0.15) is 0 Å². The number of likely N-dealkylation sites (tertiary alicyclic amines) is 1. The number of H-pyrrole nitrogens is 1. The summed E-state index contributed by atoms with van der Waals surface area (Å²) in [5.41, 5.74) is 8.79. The molecule has 3 aromatic rings. The second kappa shape index (κ2) is 9.96. The van der Waals surface area contributed by atoms with Gasteiger partial charge < -0.3 is 29.8 Å². The monoisotopic (exact) mass is 437 g/mol. The highest BCUT2D eigenvalue weighted by molar-refractivity contribution is 5.88. The van der Waals surface area contributed by atoms with E-state index >= 15 is 0 Å². The van der Waals surface area contributed by atoms with Crippen LogP contribution in [0, 0.1) is 0 Å². The highest BCUT2D eigenvalue weighted by Gasteiger charge is 2.13. The normalized spacial score (nSPS) is 14.4. The fourth-order valence-corrected chi connectivity index (χ4v) is 4.26. The van der Waals surface area contributed by atoms with E-state index in [1.807, 2.05) is 18.2 Å². The first-order chi connectivity index (χ1) is 15.6. The summed E-state index contributed by atoms with van der Waals surface area (Å²) in [4.78, 5) is 18.6. The third-order valence-corrected chi connectivity index (χ3v) is 5.97. The molecule has 0 bridgehead atoms. The van der Waals surface area contributed by atoms with E-state index in [2.05, 4.69) is 9.88 Å². The van der Waals surface area contributed by atoms with E-state index in [0.717, 1.165) is 18.5 Å². The predicted octanol–water partition coefficient (Wildman–Crippen LogP) is 4.05. The zero-order chi connectivity index (χ0) is 22.5. The molecule has 0 spiro atoms. The Morgan fingerprint density at radius 2 is 1.81 bits per heavy atom. The molecule has 1 saturated heterocycles. The fraction of sp³-hybridized carbons (Fsp3) is 0.400. The highest BCUT2D eigenvalue weighted by atomic mass is 16.5. The van der Waals surface area contributed by atoms with Gasteiger partial charge in [0.15, 0.2) is 5.43 Å². The summed E-state index contributed by atoms with van der Waals surface area (Å²) in [7, 11) is 3.11. The molecule has 4 rings (SSSR count). The van der Waals surface area contributed by atoms with Gasteiger partial charge in [0.05, 0.1) is 37.4 Å². The van der Waals surface area contributed by atoms with Gasteiger partial charge >= 0.3 is 0 Å². The summed E-state index contributed by atoms with van der Waals surface area (Å²) in [6.45, 7) is 4.08. The lowest BCUT2D eigenvalue weighted by atomic mass is 10.1. The van der Waals surface area contributed by atoms with Gasteiger partial charge in [-0.05, 0) is 50.6 Å². The Labute approximate surface area is 188 Å². The van der Waals surface area contributed by atoms with Crippen molar-refractivity contribution in [1.82, 2.24) is 9.88 Å². The molecule has 1 aliphatic heterocycles. The zero-order valence-corrected chi connectivity index (χ0v) is 18.8. The fourth-order valence-electron chi connectivity index (χ4n) is 4.26. The largest absolute Gasteiger partial charge is 0.497 e. The molecule has 1 aliphatic rings. The Bertz CT molecular complexity index is 1140. The molecule has 1 fully saturated rings. The van der Waals surface area contributed by atoms with Crippen LogP contribution in [0.3, 0.4) is 0 Å². The van der Waals surface area contributed by atoms with E-state index < -0.39 is 0 Å². The number of nitrogens with one attached hydrogen (secondary N) is 1. The van der Waals surface area contributed by atoms with Crippen LogP contribution in [-0.2, 0) is 0 Å². The predicted molar refractivity (Wildman–Crippen MR) is 128 cm³/mol. The topological polar surface area (TPSA) is 89.8 Å². The van der Waals surface area contributed by atoms with Crippen molar-refractivity contribution in [2.45, 2.75) is 25.7 Å². The van der Waals surface area contributed by atoms with Crippen molar-refractivity contribution in [2.24, 2.45) is 0 Å². The van der Waals surface area contributed by atoms with Gasteiger partial charge in [-0.15, -0.1) is 0 Å². The van der Waals surface area contributed by atoms with E-state index in [0.29, 0.717) is 46.1 Å². The summed E-state index contributed by atoms with van der Waals surface area (Å²) >= 11 is 0. The number of aromatic nitrogens is 1. The van der Waals surface area contributed by atoms with E-state index in [1.165, 1.54) is 39.5 Å². The molecular weight excluding hydrogens is 406 g/mol. The minimum Gasteiger partial charge on any atom is -0.497 e. The smallest absolute Gasteiger partial charge is 0.193 e. The number of rotatable bonds is 8. The number of hydrogen-bond acceptors (Lipinski definition) is 6. The molecule has 0 atom stereocenters. The van der Waals surface area contributed by atoms with Crippen molar-refractivity contribution in [2.75, 3.05) is 46.2 Å². The average Bonchev–Trinajstić information content (AvgIpc) is 2.82. The number of hydrogen-bond donors (Lipinski definition) is 2. The van der Waals surface area contributed by atoms with Crippen LogP contribution in [0.25, 0.3) is 22.2 Å². The van der Waals surface area contributed by atoms with Gasteiger partial charge in [0, 0.05) is 36.0 Å². The van der Waals surface area contributed by atoms with Crippen molar-refractivity contribution in [3.63, 3.8) is 0 Å². The van der Waals surface area contributed by atoms with Crippen LogP contribution < -0.4 is 25.4 Å². The Morgan fingerprint density at radius 1 is 1.00 bits per heavy atom. The van der Waals surface area contributed by atoms with Crippen molar-refractivity contribution in [3.8, 4) is 28.5 Å². The number of pyridine rings is 1. The molecule has 170 valence electrons. The number of nitrogens with zero attached hydrogens (tertiary/aromatic N) is 1. The summed E-state index contributed by atoms with van der Waals surface area (Å²) in [5.74, 6) is 1.74. The second-order valence-electron chi connectivity index (χ2n) is 8.16. The maximum Gasteiger partial charge on any atom is 0.193 e. The molecule has 0 aliphatic carbocycles. The van der Waals surface area contributed by atoms with Gasteiger partial charge in [0.1, 0.15) is 17.2 Å². The molecule has 7 nitrogen and oxygen atoms in total. The van der Waals surface area contributed by atoms with Gasteiger partial charge in [-0.3, -0.25) is 4.79 Å². The molecule has 1 aromatic heterocycles. The number of anilines is 1. The molecular formula is C25H31N3O4. The number of fused-ring (bicyclic) bond motifs is 1. The lowest BCUT2D eigenvalue weighted by molar-refractivity contribution is 0.205. The first-order valence-electron chi connectivity index (χ1n) is 11.1. The molecule has 32 heavy (non-hydrogen) atoms. The van der Waals surface area contributed by atoms with Gasteiger partial charge in [0.25, 0.3) is 0 Å². The number of ether oxygens (including phenoxy) is 3. The summed E-state index contributed by atoms with van der Waals surface area (Å²) in [6.07, 6.45) is 4.92. The van der Waals surface area contributed by atoms with Crippen LogP contribution in [-0.4, -0.2) is 50.3 Å². The third-order valence-electron chi connectivity index (χ3n) is 5.97. The zero-order valence-electron chi connectivity index (χ0n) is 18.8. The lowest BCUT2D eigenvalue weighted by Gasteiger charge is -2.26. The third kappa shape index (κ3) is 4.83. The number of methoxy groups -OCH3 is 2. The van der Waals surface area contributed by atoms with Crippen molar-refractivity contribution in [1.29, 1.82) is 0 Å². The standard InChI is InChI=1S/C25H31N3O4/c1-30-18-14-21-25(24(15-18)31-2)22(29)16-20(27-21)17-7-8-23(19(26)13-17)32-12-6-11-28-9-4-3-5-10-28/h7-8,13-16H,3-6,9-12,26H2,1-2H3,(H,27,29). The molecule has 0 saturated carbocycles. The Morgan fingerprint density at radius 3 is 2.53 bits per heavy atom. The van der Waals surface area contributed by atoms with Crippen LogP contribution in [0.2, 0.25) is 0 Å². The number of piperidine rings is 1. The Balaban J connectivity index is 1.50. The molecule has 7 heteroatoms. The van der Waals surface area contributed by atoms with Crippen molar-refractivity contribution < 1.29 is 14.2 Å². The molecule has 2 aromatic carbocycles. The van der Waals surface area contributed by atoms with Crippen LogP contribution in [0.5, 0.6) is 17.2 Å². The number of nitrogen functional groups attached to an aromatic ring is 1. The molecule has 0 amide bonds. The SMILES string of the molecule is COc1cc(OC)c2c(=O)cc(-c3ccc(OCCCN4CCCCC4)c(N)c3)[nH]c2c1. The first-order valence-corrected chi connectivity index (χ1v) is 11.1. The molecule has 3 N–H and O–H groups in total. The van der Waals surface area contributed by atoms with Gasteiger partial charge in [-0.25, -0.2) is 0 Å². The van der Waals surface area contributed by atoms with Gasteiger partial charge in [0.2, 0.25) is 0 Å². The van der Waals surface area contributed by atoms with Crippen LogP contribution in [0.15, 0.2) is 41.2 Å². The molecule has 0 unspecified atom stereocenters. The van der Waals surface area contributed by atoms with Crippen LogP contribution in [0.1, 0.15) is 25.7 Å². The van der Waals surface area contributed by atoms with Crippen molar-refractivity contribution >= 4 is 16.6 Å². The summed E-state index contributed by atoms with van der Waals surface area (Å²) in [6, 6.07) is 10.6. The van der Waals surface area contributed by atoms with Crippen LogP contribution >= 0.6 is 0 Å². The minimum absolute atomic E-state index is 0.134. The van der Waals surface area contributed by atoms with E-state index in [-0.39, 0.29) is 5.43 Å². The van der Waals surface area contributed by atoms with E-state index in [1.54, 1.807) is 25.3 Å². The number of nitrogens with two attached hydrogens (primary N) is 1. The minimum atomic E-state index is -0.134. The number of aromatic amines is 1. The molecule has 0 radical (unpaired) electrons. The molecule has 2 heterocycles. The average molecular weight is 438 g/mol. The summed E-state index contributed by atoms with van der Waals surface area (Å²) in [5, 5.41) is 0.485. The highest BCUT2D eigenvalue weighted by Crippen LogP contribution is 2.31. The lowest BCUT2D eigenvalue weighted by Crippen LogP contribution is -2.31. The van der Waals surface area contributed by atoms with Crippen LogP contribution in [0.4, 0.5) is 5.69 Å². The Kier molecular flexibility index (Phi) is 6.85. The first kappa shape index (κ1) is 22.0. The second-order valence-corrected chi connectivity index (χ2v) is 8.16. The maximum absolute atomic E-state index is 12.8. The Hall–Kier alpha value is -3.19. The summed E-state index contributed by atoms with van der Waals surface area (Å²) < 4.78 is 16.6. The maximum atomic E-state index is 12.8. The number of benzene rings is 2. The van der Waals surface area contributed by atoms with Crippen molar-refractivity contribution in [3.05, 3.63) is 46.6 Å². The van der Waals surface area contributed by atoms with Gasteiger partial charge in [-0.1, -0.05) is 6.42 Å².